The Kier molecular flexibility index (Phi) is 16.2. The molecule has 8 heteroatoms. The molecule has 0 aliphatic carbocycles. The number of halogens is 1. The van der Waals surface area contributed by atoms with Crippen molar-refractivity contribution >= 4 is 8.80 Å². The summed E-state index contributed by atoms with van der Waals surface area (Å²) in [7, 11) is -0.463. The number of rotatable bonds is 15. The van der Waals surface area contributed by atoms with Crippen molar-refractivity contribution in [1.82, 2.24) is 0 Å². The van der Waals surface area contributed by atoms with E-state index in [0.717, 1.165) is 43.0 Å². The Morgan fingerprint density at radius 1 is 0.783 bits per heavy atom. The van der Waals surface area contributed by atoms with Crippen LogP contribution in [0.1, 0.15) is 33.6 Å². The van der Waals surface area contributed by atoms with Crippen LogP contribution in [-0.4, -0.2) is 83.2 Å². The van der Waals surface area contributed by atoms with E-state index in [1.54, 1.807) is 0 Å². The second-order valence-electron chi connectivity index (χ2n) is 5.68. The standard InChI is InChI=1S/C15H36NO5Si.ClH/c1-5-19-22(20-6-2,21-7-3)15-12-16(4,10-8-13-17)11-9-14-18;/h17-18H,5-15H2,1-4H3;1H/q+1;/p-1. The first-order valence-electron chi connectivity index (χ1n) is 8.48. The minimum Gasteiger partial charge on any atom is -1.00 e. The van der Waals surface area contributed by atoms with Crippen LogP contribution in [0, 0.1) is 0 Å². The minimum absolute atomic E-state index is 0. The summed E-state index contributed by atoms with van der Waals surface area (Å²) < 4.78 is 18.5. The van der Waals surface area contributed by atoms with Gasteiger partial charge in [-0.15, -0.1) is 0 Å². The fraction of sp³-hybridized carbons (Fsp3) is 1.00. The maximum Gasteiger partial charge on any atom is 0.506 e. The van der Waals surface area contributed by atoms with Crippen molar-refractivity contribution in [3.63, 3.8) is 0 Å². The predicted molar refractivity (Wildman–Crippen MR) is 89.6 cm³/mol. The monoisotopic (exact) mass is 373 g/mol. The van der Waals surface area contributed by atoms with Crippen molar-refractivity contribution in [2.75, 3.05) is 59.7 Å². The van der Waals surface area contributed by atoms with Gasteiger partial charge >= 0.3 is 8.80 Å². The van der Waals surface area contributed by atoms with Crippen LogP contribution in [0.2, 0.25) is 6.04 Å². The van der Waals surface area contributed by atoms with Gasteiger partial charge in [-0.05, 0) is 20.8 Å². The van der Waals surface area contributed by atoms with E-state index in [-0.39, 0.29) is 25.6 Å². The molecule has 23 heavy (non-hydrogen) atoms. The van der Waals surface area contributed by atoms with E-state index >= 15 is 0 Å². The molecule has 0 amide bonds. The number of nitrogens with zero attached hydrogens (tertiary/aromatic N) is 1. The predicted octanol–water partition coefficient (Wildman–Crippen LogP) is -1.75. The van der Waals surface area contributed by atoms with Crippen molar-refractivity contribution in [2.24, 2.45) is 0 Å². The molecule has 0 rings (SSSR count). The molecule has 0 heterocycles. The summed E-state index contributed by atoms with van der Waals surface area (Å²) in [5.74, 6) is 0. The van der Waals surface area contributed by atoms with E-state index in [0.29, 0.717) is 19.8 Å². The highest BCUT2D eigenvalue weighted by Gasteiger charge is 2.42. The number of aliphatic hydroxyl groups excluding tert-OH is 2. The highest BCUT2D eigenvalue weighted by molar-refractivity contribution is 6.60. The third-order valence-electron chi connectivity index (χ3n) is 3.76. The van der Waals surface area contributed by atoms with Crippen LogP contribution in [0.3, 0.4) is 0 Å². The molecule has 0 bridgehead atoms. The van der Waals surface area contributed by atoms with Gasteiger partial charge in [0.25, 0.3) is 0 Å². The van der Waals surface area contributed by atoms with Crippen molar-refractivity contribution in [3.05, 3.63) is 0 Å². The van der Waals surface area contributed by atoms with E-state index in [9.17, 15) is 0 Å². The Morgan fingerprint density at radius 2 is 1.17 bits per heavy atom. The van der Waals surface area contributed by atoms with Gasteiger partial charge in [0.05, 0.1) is 32.7 Å². The van der Waals surface area contributed by atoms with Crippen molar-refractivity contribution in [1.29, 1.82) is 0 Å². The van der Waals surface area contributed by atoms with Crippen molar-refractivity contribution < 1.29 is 40.4 Å². The fourth-order valence-corrected chi connectivity index (χ4v) is 5.46. The van der Waals surface area contributed by atoms with Crippen LogP contribution in [0.25, 0.3) is 0 Å². The summed E-state index contributed by atoms with van der Waals surface area (Å²) >= 11 is 0. The van der Waals surface area contributed by atoms with E-state index in [4.69, 9.17) is 23.5 Å². The zero-order chi connectivity index (χ0) is 16.9. The summed E-state index contributed by atoms with van der Waals surface area (Å²) in [5.41, 5.74) is 0. The smallest absolute Gasteiger partial charge is 0.506 e. The van der Waals surface area contributed by atoms with Crippen LogP contribution >= 0.6 is 0 Å². The van der Waals surface area contributed by atoms with E-state index in [1.165, 1.54) is 0 Å². The molecule has 2 N–H and O–H groups in total. The van der Waals surface area contributed by atoms with Gasteiger partial charge in [-0.2, -0.15) is 0 Å². The Bertz CT molecular complexity index is 249. The Balaban J connectivity index is 0. The molecule has 0 radical (unpaired) electrons. The average Bonchev–Trinajstić information content (AvgIpc) is 2.50. The first-order chi connectivity index (χ1) is 10.5. The maximum absolute atomic E-state index is 9.11. The minimum atomic E-state index is -2.62. The maximum atomic E-state index is 9.11. The highest BCUT2D eigenvalue weighted by Crippen LogP contribution is 2.19. The molecule has 0 aliphatic heterocycles. The second-order valence-corrected chi connectivity index (χ2v) is 8.41. The van der Waals surface area contributed by atoms with Gasteiger partial charge in [-0.3, -0.25) is 0 Å². The molecule has 0 saturated carbocycles. The molecule has 0 aromatic rings. The Hall–Kier alpha value is 0.267. The molecule has 0 aliphatic rings. The highest BCUT2D eigenvalue weighted by atomic mass is 35.5. The summed E-state index contributed by atoms with van der Waals surface area (Å²) in [4.78, 5) is 0. The van der Waals surface area contributed by atoms with E-state index < -0.39 is 8.80 Å². The molecule has 6 nitrogen and oxygen atoms in total. The van der Waals surface area contributed by atoms with Gasteiger partial charge in [0, 0.05) is 45.9 Å². The van der Waals surface area contributed by atoms with Crippen LogP contribution in [-0.2, 0) is 13.3 Å². The molecular weight excluding hydrogens is 338 g/mol. The molecule has 0 aromatic carbocycles. The van der Waals surface area contributed by atoms with E-state index in [1.807, 2.05) is 20.8 Å². The molecule has 0 saturated heterocycles. The lowest BCUT2D eigenvalue weighted by molar-refractivity contribution is -0.908. The Morgan fingerprint density at radius 3 is 1.48 bits per heavy atom. The lowest BCUT2D eigenvalue weighted by Gasteiger charge is -2.37. The molecule has 0 atom stereocenters. The van der Waals surface area contributed by atoms with E-state index in [2.05, 4.69) is 7.05 Å². The van der Waals surface area contributed by atoms with Crippen molar-refractivity contribution in [2.45, 2.75) is 39.7 Å². The molecule has 0 spiro atoms. The third kappa shape index (κ3) is 10.7. The Labute approximate surface area is 149 Å². The summed E-state index contributed by atoms with van der Waals surface area (Å²) in [5, 5.41) is 18.2. The third-order valence-corrected chi connectivity index (χ3v) is 6.78. The fourth-order valence-electron chi connectivity index (χ4n) is 2.65. The zero-order valence-corrected chi connectivity index (χ0v) is 17.0. The van der Waals surface area contributed by atoms with Gasteiger partial charge in [-0.25, -0.2) is 0 Å². The lowest BCUT2D eigenvalue weighted by Crippen LogP contribution is -3.00. The van der Waals surface area contributed by atoms with Crippen LogP contribution in [0.15, 0.2) is 0 Å². The molecule has 0 unspecified atom stereocenters. The average molecular weight is 374 g/mol. The largest absolute Gasteiger partial charge is 1.00 e. The number of hydrogen-bond acceptors (Lipinski definition) is 5. The van der Waals surface area contributed by atoms with Gasteiger partial charge in [0.1, 0.15) is 0 Å². The SMILES string of the molecule is CCO[Si](CC[N+](C)(CCCO)CCCO)(OCC)OCC.[Cl-]. The lowest BCUT2D eigenvalue weighted by atomic mass is 10.3. The molecular formula is C15H36ClNO5Si. The van der Waals surface area contributed by atoms with Gasteiger partial charge in [0.2, 0.25) is 0 Å². The molecule has 0 fully saturated rings. The van der Waals surface area contributed by atoms with Gasteiger partial charge in [0.15, 0.2) is 0 Å². The van der Waals surface area contributed by atoms with Crippen LogP contribution < -0.4 is 12.4 Å². The number of hydrogen-bond donors (Lipinski definition) is 2. The van der Waals surface area contributed by atoms with Crippen molar-refractivity contribution in [3.8, 4) is 0 Å². The molecule has 142 valence electrons. The van der Waals surface area contributed by atoms with Gasteiger partial charge in [-0.1, -0.05) is 0 Å². The van der Waals surface area contributed by atoms with Crippen LogP contribution in [0.4, 0.5) is 0 Å². The summed E-state index contributed by atoms with van der Waals surface area (Å²) in [6, 6.07) is 0.760. The van der Waals surface area contributed by atoms with Gasteiger partial charge < -0.3 is 40.4 Å². The summed E-state index contributed by atoms with van der Waals surface area (Å²) in [6.07, 6.45) is 1.52. The van der Waals surface area contributed by atoms with Crippen LogP contribution in [0.5, 0.6) is 0 Å². The first-order valence-corrected chi connectivity index (χ1v) is 10.4. The second kappa shape index (κ2) is 14.6. The molecule has 0 aromatic heterocycles. The quantitative estimate of drug-likeness (QED) is 0.263. The first kappa shape index (κ1) is 25.5. The zero-order valence-electron chi connectivity index (χ0n) is 15.2. The number of quaternary nitrogens is 1. The topological polar surface area (TPSA) is 68.2 Å². The summed E-state index contributed by atoms with van der Waals surface area (Å²) in [6.45, 7) is 10.7. The number of aliphatic hydroxyl groups is 2. The normalized spacial score (nSPS) is 12.3.